The minimum absolute atomic E-state index is 0.172. The van der Waals surface area contributed by atoms with Crippen LogP contribution in [0.25, 0.3) is 10.9 Å². The number of fused-ring (bicyclic) bond motifs is 2. The number of hydrogen-bond donors (Lipinski definition) is 3. The predicted molar refractivity (Wildman–Crippen MR) is 132 cm³/mol. The molecule has 2 aliphatic rings. The van der Waals surface area contributed by atoms with Crippen LogP contribution in [0.4, 0.5) is 5.69 Å². The maximum absolute atomic E-state index is 13.0. The van der Waals surface area contributed by atoms with Crippen molar-refractivity contribution >= 4 is 34.3 Å². The molecule has 0 radical (unpaired) electrons. The van der Waals surface area contributed by atoms with Crippen molar-refractivity contribution in [3.8, 4) is 5.75 Å². The summed E-state index contributed by atoms with van der Waals surface area (Å²) in [5.74, 6) is -0.828. The Morgan fingerprint density at radius 3 is 2.83 bits per heavy atom. The molecule has 3 aromatic rings. The second-order valence-electron chi connectivity index (χ2n) is 8.82. The van der Waals surface area contributed by atoms with Crippen LogP contribution in [-0.2, 0) is 14.3 Å². The molecule has 2 aromatic carbocycles. The van der Waals surface area contributed by atoms with Crippen LogP contribution in [-0.4, -0.2) is 60.6 Å². The first-order valence-electron chi connectivity index (χ1n) is 11.9. The molecular weight excluding hydrogens is 462 g/mol. The second-order valence-corrected chi connectivity index (χ2v) is 8.82. The highest BCUT2D eigenvalue weighted by atomic mass is 16.5. The summed E-state index contributed by atoms with van der Waals surface area (Å²) in [5, 5.41) is 9.26. The third-order valence-corrected chi connectivity index (χ3v) is 6.45. The van der Waals surface area contributed by atoms with E-state index in [1.165, 1.54) is 6.33 Å². The maximum atomic E-state index is 13.0. The maximum Gasteiger partial charge on any atom is 0.251 e. The Kier molecular flexibility index (Phi) is 6.77. The molecule has 1 fully saturated rings. The molecule has 0 aliphatic carbocycles. The highest BCUT2D eigenvalue weighted by Gasteiger charge is 2.35. The van der Waals surface area contributed by atoms with Crippen LogP contribution in [0.3, 0.4) is 0 Å². The summed E-state index contributed by atoms with van der Waals surface area (Å²) in [4.78, 5) is 47.1. The number of aromatic nitrogens is 2. The number of amides is 3. The van der Waals surface area contributed by atoms with Crippen molar-refractivity contribution in [2.75, 3.05) is 32.2 Å². The number of hydrogen-bond acceptors (Lipinski definition) is 7. The van der Waals surface area contributed by atoms with Crippen LogP contribution >= 0.6 is 0 Å². The van der Waals surface area contributed by atoms with E-state index in [2.05, 4.69) is 25.9 Å². The van der Waals surface area contributed by atoms with Gasteiger partial charge in [0, 0.05) is 36.4 Å². The van der Waals surface area contributed by atoms with E-state index in [-0.39, 0.29) is 17.7 Å². The van der Waals surface area contributed by atoms with E-state index in [0.29, 0.717) is 60.0 Å². The molecule has 36 heavy (non-hydrogen) atoms. The molecule has 5 rings (SSSR count). The Hall–Kier alpha value is -4.05. The van der Waals surface area contributed by atoms with Crippen LogP contribution in [0, 0.1) is 0 Å². The topological polar surface area (TPSA) is 132 Å². The fraction of sp³-hybridized carbons (Fsp3) is 0.346. The number of methoxy groups -OCH3 is 1. The number of ether oxygens (including phenoxy) is 2. The molecule has 10 nitrogen and oxygen atoms in total. The van der Waals surface area contributed by atoms with Crippen LogP contribution < -0.4 is 20.7 Å². The Morgan fingerprint density at radius 1 is 1.08 bits per heavy atom. The monoisotopic (exact) mass is 489 g/mol. The average molecular weight is 490 g/mol. The van der Waals surface area contributed by atoms with E-state index in [1.54, 1.807) is 37.4 Å². The van der Waals surface area contributed by atoms with Gasteiger partial charge in [-0.25, -0.2) is 9.97 Å². The number of anilines is 1. The Bertz CT molecular complexity index is 1330. The van der Waals surface area contributed by atoms with Crippen molar-refractivity contribution in [2.45, 2.75) is 31.2 Å². The summed E-state index contributed by atoms with van der Waals surface area (Å²) in [7, 11) is 1.61. The van der Waals surface area contributed by atoms with Gasteiger partial charge in [0.2, 0.25) is 11.8 Å². The first-order valence-corrected chi connectivity index (χ1v) is 11.9. The van der Waals surface area contributed by atoms with Crippen molar-refractivity contribution in [3.05, 3.63) is 59.5 Å². The van der Waals surface area contributed by atoms with E-state index >= 15 is 0 Å². The number of nitrogens with one attached hydrogen (secondary N) is 3. The highest BCUT2D eigenvalue weighted by Crippen LogP contribution is 2.39. The summed E-state index contributed by atoms with van der Waals surface area (Å²) in [5.41, 5.74) is 2.84. The van der Waals surface area contributed by atoms with E-state index in [4.69, 9.17) is 9.47 Å². The van der Waals surface area contributed by atoms with Gasteiger partial charge < -0.3 is 25.4 Å². The van der Waals surface area contributed by atoms with Crippen molar-refractivity contribution in [1.29, 1.82) is 0 Å². The lowest BCUT2D eigenvalue weighted by molar-refractivity contribution is -0.122. The van der Waals surface area contributed by atoms with Gasteiger partial charge in [-0.3, -0.25) is 14.4 Å². The quantitative estimate of drug-likeness (QED) is 0.433. The minimum Gasteiger partial charge on any atom is -0.491 e. The molecule has 10 heteroatoms. The minimum atomic E-state index is -0.709. The molecule has 2 aliphatic heterocycles. The molecule has 2 unspecified atom stereocenters. The molecule has 3 amide bonds. The number of nitrogens with zero attached hydrogens (tertiary/aromatic N) is 2. The SMILES string of the molecule is COCCOc1ccc2c(C3C(=O)Nc4ccc(C(=O)NC5CCCCNC5=O)cc43)ncnc2c1. The van der Waals surface area contributed by atoms with E-state index in [9.17, 15) is 14.4 Å². The Labute approximate surface area is 207 Å². The van der Waals surface area contributed by atoms with Gasteiger partial charge in [0.15, 0.2) is 0 Å². The van der Waals surface area contributed by atoms with E-state index in [1.807, 2.05) is 6.07 Å². The Balaban J connectivity index is 1.43. The lowest BCUT2D eigenvalue weighted by Crippen LogP contribution is -2.45. The summed E-state index contributed by atoms with van der Waals surface area (Å²) >= 11 is 0. The zero-order valence-electron chi connectivity index (χ0n) is 19.9. The van der Waals surface area contributed by atoms with Crippen molar-refractivity contribution in [1.82, 2.24) is 20.6 Å². The number of benzene rings is 2. The molecular formula is C26H27N5O5. The summed E-state index contributed by atoms with van der Waals surface area (Å²) in [6.07, 6.45) is 3.76. The van der Waals surface area contributed by atoms with Crippen LogP contribution in [0.5, 0.6) is 5.75 Å². The molecule has 3 heterocycles. The van der Waals surface area contributed by atoms with Crippen molar-refractivity contribution < 1.29 is 23.9 Å². The van der Waals surface area contributed by atoms with Gasteiger partial charge in [-0.1, -0.05) is 0 Å². The van der Waals surface area contributed by atoms with Crippen molar-refractivity contribution in [3.63, 3.8) is 0 Å². The predicted octanol–water partition coefficient (Wildman–Crippen LogP) is 2.14. The summed E-state index contributed by atoms with van der Waals surface area (Å²) in [6, 6.07) is 9.91. The number of rotatable bonds is 7. The lowest BCUT2D eigenvalue weighted by atomic mass is 9.92. The fourth-order valence-corrected chi connectivity index (χ4v) is 4.61. The third-order valence-electron chi connectivity index (χ3n) is 6.45. The zero-order valence-corrected chi connectivity index (χ0v) is 19.9. The summed E-state index contributed by atoms with van der Waals surface area (Å²) < 4.78 is 10.7. The highest BCUT2D eigenvalue weighted by molar-refractivity contribution is 6.08. The molecule has 186 valence electrons. The smallest absolute Gasteiger partial charge is 0.251 e. The van der Waals surface area contributed by atoms with E-state index < -0.39 is 12.0 Å². The van der Waals surface area contributed by atoms with Gasteiger partial charge in [0.25, 0.3) is 5.91 Å². The van der Waals surface area contributed by atoms with Gasteiger partial charge >= 0.3 is 0 Å². The van der Waals surface area contributed by atoms with Crippen LogP contribution in [0.2, 0.25) is 0 Å². The lowest BCUT2D eigenvalue weighted by Gasteiger charge is -2.16. The zero-order chi connectivity index (χ0) is 25.1. The first-order chi connectivity index (χ1) is 17.5. The van der Waals surface area contributed by atoms with Gasteiger partial charge in [-0.15, -0.1) is 0 Å². The van der Waals surface area contributed by atoms with Crippen LogP contribution in [0.1, 0.15) is 46.8 Å². The van der Waals surface area contributed by atoms with Crippen molar-refractivity contribution in [2.24, 2.45) is 0 Å². The molecule has 1 saturated heterocycles. The average Bonchev–Trinajstić information content (AvgIpc) is 3.08. The number of carbonyl (C=O) groups excluding carboxylic acids is 3. The molecule has 0 bridgehead atoms. The summed E-state index contributed by atoms with van der Waals surface area (Å²) in [6.45, 7) is 1.49. The van der Waals surface area contributed by atoms with Gasteiger partial charge in [0.05, 0.1) is 17.8 Å². The fourth-order valence-electron chi connectivity index (χ4n) is 4.61. The van der Waals surface area contributed by atoms with Gasteiger partial charge in [-0.2, -0.15) is 0 Å². The molecule has 2 atom stereocenters. The van der Waals surface area contributed by atoms with Gasteiger partial charge in [0.1, 0.15) is 30.6 Å². The second kappa shape index (κ2) is 10.3. The molecule has 0 spiro atoms. The van der Waals surface area contributed by atoms with Gasteiger partial charge in [-0.05, 0) is 55.2 Å². The largest absolute Gasteiger partial charge is 0.491 e. The molecule has 0 saturated carbocycles. The Morgan fingerprint density at radius 2 is 1.97 bits per heavy atom. The molecule has 1 aromatic heterocycles. The third kappa shape index (κ3) is 4.72. The normalized spacial score (nSPS) is 19.2. The molecule has 3 N–H and O–H groups in total. The standard InChI is InChI=1S/C26H27N5O5/c1-35-10-11-36-16-6-7-17-21(13-16)28-14-29-23(17)22-18-12-15(5-8-19(18)30-26(22)34)24(32)31-20-4-2-3-9-27-25(20)33/h5-8,12-14,20,22H,2-4,9-11H2,1H3,(H,27,33)(H,30,34)(H,31,32). The van der Waals surface area contributed by atoms with Crippen LogP contribution in [0.15, 0.2) is 42.7 Å². The first kappa shape index (κ1) is 23.7. The van der Waals surface area contributed by atoms with E-state index in [0.717, 1.165) is 18.2 Å². The number of carbonyl (C=O) groups is 3.